The quantitative estimate of drug-likeness (QED) is 0.714. The van der Waals surface area contributed by atoms with Gasteiger partial charge in [0, 0.05) is 12.1 Å². The number of hydrogen-bond donors (Lipinski definition) is 2. The van der Waals surface area contributed by atoms with E-state index in [0.717, 1.165) is 18.5 Å². The molecule has 0 spiro atoms. The monoisotopic (exact) mass is 165 g/mol. The first-order valence-electron chi connectivity index (χ1n) is 4.24. The highest BCUT2D eigenvalue weighted by Crippen LogP contribution is 2.20. The lowest BCUT2D eigenvalue weighted by atomic mass is 10.0. The first kappa shape index (κ1) is 9.07. The van der Waals surface area contributed by atoms with Crippen molar-refractivity contribution in [2.24, 2.45) is 0 Å². The molecule has 12 heavy (non-hydrogen) atoms. The largest absolute Gasteiger partial charge is 0.508 e. The maximum Gasteiger partial charge on any atom is 0.120 e. The number of rotatable bonds is 3. The summed E-state index contributed by atoms with van der Waals surface area (Å²) >= 11 is 0. The number of phenolic OH excluding ortho intramolecular Hbond substituents is 1. The molecule has 0 atom stereocenters. The van der Waals surface area contributed by atoms with Crippen LogP contribution in [0.5, 0.6) is 5.75 Å². The van der Waals surface area contributed by atoms with Gasteiger partial charge in [0.1, 0.15) is 5.75 Å². The summed E-state index contributed by atoms with van der Waals surface area (Å²) in [6.07, 6.45) is 0.964. The van der Waals surface area contributed by atoms with E-state index in [4.69, 9.17) is 0 Å². The Morgan fingerprint density at radius 2 is 2.17 bits per heavy atom. The Labute approximate surface area is 73.2 Å². The van der Waals surface area contributed by atoms with Crippen molar-refractivity contribution >= 4 is 0 Å². The molecule has 0 saturated carbocycles. The van der Waals surface area contributed by atoms with Gasteiger partial charge in [-0.3, -0.25) is 0 Å². The van der Waals surface area contributed by atoms with Crippen LogP contribution in [0.25, 0.3) is 0 Å². The number of phenols is 1. The van der Waals surface area contributed by atoms with Gasteiger partial charge in [0.05, 0.1) is 0 Å². The van der Waals surface area contributed by atoms with E-state index in [1.807, 2.05) is 19.2 Å². The molecule has 0 fully saturated rings. The molecule has 2 N–H and O–H groups in total. The lowest BCUT2D eigenvalue weighted by Crippen LogP contribution is -2.07. The van der Waals surface area contributed by atoms with Gasteiger partial charge < -0.3 is 10.4 Å². The van der Waals surface area contributed by atoms with Crippen LogP contribution in [0.2, 0.25) is 0 Å². The van der Waals surface area contributed by atoms with E-state index in [1.165, 1.54) is 5.56 Å². The number of benzene rings is 1. The predicted octanol–water partition coefficient (Wildman–Crippen LogP) is 1.67. The molecule has 0 aliphatic rings. The summed E-state index contributed by atoms with van der Waals surface area (Å²) in [7, 11) is 1.88. The van der Waals surface area contributed by atoms with E-state index in [9.17, 15) is 5.11 Å². The van der Waals surface area contributed by atoms with Gasteiger partial charge in [-0.25, -0.2) is 0 Å². The molecule has 0 aromatic heterocycles. The second-order valence-corrected chi connectivity index (χ2v) is 2.80. The van der Waals surface area contributed by atoms with E-state index in [2.05, 4.69) is 12.2 Å². The van der Waals surface area contributed by atoms with Crippen LogP contribution in [-0.2, 0) is 13.0 Å². The molecule has 0 heterocycles. The first-order valence-corrected chi connectivity index (χ1v) is 4.24. The van der Waals surface area contributed by atoms with E-state index >= 15 is 0 Å². The molecular formula is C10H15NO. The second-order valence-electron chi connectivity index (χ2n) is 2.80. The minimum Gasteiger partial charge on any atom is -0.508 e. The normalized spacial score (nSPS) is 10.2. The third kappa shape index (κ3) is 1.77. The van der Waals surface area contributed by atoms with Gasteiger partial charge in [0.2, 0.25) is 0 Å². The zero-order chi connectivity index (χ0) is 8.97. The number of hydrogen-bond acceptors (Lipinski definition) is 2. The smallest absolute Gasteiger partial charge is 0.120 e. The van der Waals surface area contributed by atoms with Crippen LogP contribution >= 0.6 is 0 Å². The summed E-state index contributed by atoms with van der Waals surface area (Å²) in [6.45, 7) is 2.82. The molecule has 1 rings (SSSR count). The van der Waals surface area contributed by atoms with Crippen molar-refractivity contribution in [2.45, 2.75) is 19.9 Å². The van der Waals surface area contributed by atoms with E-state index in [1.54, 1.807) is 6.07 Å². The average Bonchev–Trinajstić information content (AvgIpc) is 2.09. The molecule has 0 unspecified atom stereocenters. The molecule has 0 aliphatic heterocycles. The van der Waals surface area contributed by atoms with Crippen LogP contribution in [0.3, 0.4) is 0 Å². The molecule has 0 amide bonds. The third-order valence-electron chi connectivity index (χ3n) is 1.98. The van der Waals surface area contributed by atoms with Crippen molar-refractivity contribution in [1.82, 2.24) is 5.32 Å². The summed E-state index contributed by atoms with van der Waals surface area (Å²) < 4.78 is 0. The first-order chi connectivity index (χ1) is 5.79. The fourth-order valence-corrected chi connectivity index (χ4v) is 1.33. The highest BCUT2D eigenvalue weighted by atomic mass is 16.3. The van der Waals surface area contributed by atoms with E-state index < -0.39 is 0 Å². The van der Waals surface area contributed by atoms with Crippen LogP contribution in [0.15, 0.2) is 18.2 Å². The van der Waals surface area contributed by atoms with Crippen molar-refractivity contribution in [3.63, 3.8) is 0 Å². The van der Waals surface area contributed by atoms with Crippen molar-refractivity contribution < 1.29 is 5.11 Å². The zero-order valence-corrected chi connectivity index (χ0v) is 7.59. The lowest BCUT2D eigenvalue weighted by molar-refractivity contribution is 0.465. The van der Waals surface area contributed by atoms with E-state index in [0.29, 0.717) is 5.75 Å². The van der Waals surface area contributed by atoms with E-state index in [-0.39, 0.29) is 0 Å². The summed E-state index contributed by atoms with van der Waals surface area (Å²) in [5.41, 5.74) is 2.23. The summed E-state index contributed by atoms with van der Waals surface area (Å²) in [6, 6.07) is 5.66. The minimum atomic E-state index is 0.392. The molecule has 2 nitrogen and oxygen atoms in total. The molecular weight excluding hydrogens is 150 g/mol. The Morgan fingerprint density at radius 3 is 2.75 bits per heavy atom. The van der Waals surface area contributed by atoms with Crippen molar-refractivity contribution in [3.05, 3.63) is 29.3 Å². The van der Waals surface area contributed by atoms with Gasteiger partial charge in [0.25, 0.3) is 0 Å². The van der Waals surface area contributed by atoms with Gasteiger partial charge in [-0.05, 0) is 25.1 Å². The average molecular weight is 165 g/mol. The van der Waals surface area contributed by atoms with Crippen LogP contribution in [0.1, 0.15) is 18.1 Å². The molecule has 1 aromatic rings. The molecule has 0 radical (unpaired) electrons. The highest BCUT2D eigenvalue weighted by Gasteiger charge is 2.03. The Morgan fingerprint density at radius 1 is 1.42 bits per heavy atom. The Bertz CT molecular complexity index is 258. The van der Waals surface area contributed by atoms with Crippen LogP contribution in [-0.4, -0.2) is 12.2 Å². The third-order valence-corrected chi connectivity index (χ3v) is 1.98. The maximum atomic E-state index is 9.51. The van der Waals surface area contributed by atoms with Gasteiger partial charge >= 0.3 is 0 Å². The summed E-state index contributed by atoms with van der Waals surface area (Å²) in [4.78, 5) is 0. The van der Waals surface area contributed by atoms with Crippen LogP contribution in [0.4, 0.5) is 0 Å². The van der Waals surface area contributed by atoms with Crippen LogP contribution < -0.4 is 5.32 Å². The fourth-order valence-electron chi connectivity index (χ4n) is 1.33. The summed E-state index contributed by atoms with van der Waals surface area (Å²) in [5, 5.41) is 12.6. The summed E-state index contributed by atoms with van der Waals surface area (Å²) in [5.74, 6) is 0.392. The fraction of sp³-hybridized carbons (Fsp3) is 0.400. The molecule has 0 bridgehead atoms. The lowest BCUT2D eigenvalue weighted by Gasteiger charge is -2.08. The topological polar surface area (TPSA) is 32.3 Å². The van der Waals surface area contributed by atoms with Gasteiger partial charge in [-0.2, -0.15) is 0 Å². The number of nitrogens with one attached hydrogen (secondary N) is 1. The molecule has 2 heteroatoms. The number of aryl methyl sites for hydroxylation is 1. The predicted molar refractivity (Wildman–Crippen MR) is 50.2 cm³/mol. The zero-order valence-electron chi connectivity index (χ0n) is 7.59. The Balaban J connectivity index is 3.02. The van der Waals surface area contributed by atoms with Crippen molar-refractivity contribution in [2.75, 3.05) is 7.05 Å². The number of aromatic hydroxyl groups is 1. The standard InChI is InChI=1S/C10H15NO/c1-3-8-5-4-6-10(12)9(8)7-11-2/h4-6,11-12H,3,7H2,1-2H3. The molecule has 0 aliphatic carbocycles. The van der Waals surface area contributed by atoms with Gasteiger partial charge in [-0.1, -0.05) is 19.1 Å². The molecule has 1 aromatic carbocycles. The van der Waals surface area contributed by atoms with Crippen molar-refractivity contribution in [3.8, 4) is 5.75 Å². The minimum absolute atomic E-state index is 0.392. The maximum absolute atomic E-state index is 9.51. The Hall–Kier alpha value is -1.02. The van der Waals surface area contributed by atoms with Gasteiger partial charge in [-0.15, -0.1) is 0 Å². The van der Waals surface area contributed by atoms with Crippen molar-refractivity contribution in [1.29, 1.82) is 0 Å². The van der Waals surface area contributed by atoms with Crippen LogP contribution in [0, 0.1) is 0 Å². The van der Waals surface area contributed by atoms with Gasteiger partial charge in [0.15, 0.2) is 0 Å². The molecule has 0 saturated heterocycles. The SMILES string of the molecule is CCc1cccc(O)c1CNC. The Kier molecular flexibility index (Phi) is 3.11. The second kappa shape index (κ2) is 4.12. The molecule has 66 valence electrons. The highest BCUT2D eigenvalue weighted by molar-refractivity contribution is 5.39.